The van der Waals surface area contributed by atoms with Gasteiger partial charge in [-0.1, -0.05) is 6.92 Å². The molecule has 3 heterocycles. The van der Waals surface area contributed by atoms with E-state index in [1.54, 1.807) is 23.7 Å². The zero-order valence-electron chi connectivity index (χ0n) is 12.5. The fourth-order valence-electron chi connectivity index (χ4n) is 2.73. The van der Waals surface area contributed by atoms with Crippen molar-refractivity contribution in [2.45, 2.75) is 32.9 Å². The van der Waals surface area contributed by atoms with Crippen LogP contribution in [0.3, 0.4) is 0 Å². The fraction of sp³-hybridized carbons (Fsp3) is 0.375. The van der Waals surface area contributed by atoms with Crippen LogP contribution in [0.25, 0.3) is 10.4 Å². The Hall–Kier alpha value is -1.88. The highest BCUT2D eigenvalue weighted by molar-refractivity contribution is 7.18. The number of hydrogen-bond acceptors (Lipinski definition) is 4. The van der Waals surface area contributed by atoms with Gasteiger partial charge in [0.25, 0.3) is 5.91 Å². The summed E-state index contributed by atoms with van der Waals surface area (Å²) in [5.74, 6) is 0.0210. The summed E-state index contributed by atoms with van der Waals surface area (Å²) in [6.45, 7) is 7.18. The van der Waals surface area contributed by atoms with E-state index >= 15 is 0 Å². The second-order valence-electron chi connectivity index (χ2n) is 5.73. The van der Waals surface area contributed by atoms with Gasteiger partial charge in [-0.05, 0) is 44.0 Å². The van der Waals surface area contributed by atoms with Crippen molar-refractivity contribution >= 4 is 22.9 Å². The summed E-state index contributed by atoms with van der Waals surface area (Å²) in [5, 5.41) is 3.10. The molecular formula is C16H19N3OS. The van der Waals surface area contributed by atoms with Gasteiger partial charge in [-0.3, -0.25) is 9.78 Å². The molecule has 0 saturated carbocycles. The van der Waals surface area contributed by atoms with E-state index in [9.17, 15) is 4.79 Å². The van der Waals surface area contributed by atoms with E-state index < -0.39 is 0 Å². The molecule has 1 amide bonds. The van der Waals surface area contributed by atoms with Gasteiger partial charge >= 0.3 is 0 Å². The van der Waals surface area contributed by atoms with Crippen LogP contribution in [-0.4, -0.2) is 23.1 Å². The highest BCUT2D eigenvalue weighted by atomic mass is 32.1. The molecule has 0 spiro atoms. The first-order valence-electron chi connectivity index (χ1n) is 7.17. The van der Waals surface area contributed by atoms with E-state index in [0.29, 0.717) is 0 Å². The SMILES string of the molecule is CCCN1c2cc(-c3ccncc3)sc2C(=O)NC1(C)C. The van der Waals surface area contributed by atoms with Crippen LogP contribution in [0, 0.1) is 0 Å². The molecule has 0 bridgehead atoms. The van der Waals surface area contributed by atoms with Crippen LogP contribution in [0.4, 0.5) is 5.69 Å². The van der Waals surface area contributed by atoms with E-state index in [1.807, 2.05) is 26.0 Å². The van der Waals surface area contributed by atoms with E-state index in [-0.39, 0.29) is 11.6 Å². The Morgan fingerprint density at radius 1 is 1.33 bits per heavy atom. The monoisotopic (exact) mass is 301 g/mol. The minimum Gasteiger partial charge on any atom is -0.348 e. The summed E-state index contributed by atoms with van der Waals surface area (Å²) in [6.07, 6.45) is 4.60. The molecule has 0 atom stereocenters. The predicted octanol–water partition coefficient (Wildman–Crippen LogP) is 3.51. The Kier molecular flexibility index (Phi) is 3.45. The van der Waals surface area contributed by atoms with Crippen LogP contribution in [-0.2, 0) is 0 Å². The van der Waals surface area contributed by atoms with E-state index in [4.69, 9.17) is 0 Å². The Labute approximate surface area is 128 Å². The van der Waals surface area contributed by atoms with Gasteiger partial charge in [0.1, 0.15) is 10.5 Å². The molecule has 2 aromatic heterocycles. The predicted molar refractivity (Wildman–Crippen MR) is 86.7 cm³/mol. The minimum absolute atomic E-state index is 0.0210. The molecule has 0 saturated heterocycles. The molecule has 1 aliphatic rings. The molecule has 0 radical (unpaired) electrons. The highest BCUT2D eigenvalue weighted by Gasteiger charge is 2.37. The summed E-state index contributed by atoms with van der Waals surface area (Å²) in [6, 6.07) is 6.08. The first kappa shape index (κ1) is 14.1. The van der Waals surface area contributed by atoms with Crippen molar-refractivity contribution in [2.24, 2.45) is 0 Å². The first-order valence-corrected chi connectivity index (χ1v) is 7.99. The smallest absolute Gasteiger partial charge is 0.265 e. The van der Waals surface area contributed by atoms with Gasteiger partial charge in [-0.2, -0.15) is 0 Å². The number of amides is 1. The van der Waals surface area contributed by atoms with Gasteiger partial charge in [-0.15, -0.1) is 11.3 Å². The fourth-order valence-corrected chi connectivity index (χ4v) is 3.79. The molecule has 3 rings (SSSR count). The third-order valence-electron chi connectivity index (χ3n) is 3.72. The lowest BCUT2D eigenvalue weighted by atomic mass is 10.1. The third-order valence-corrected chi connectivity index (χ3v) is 4.89. The van der Waals surface area contributed by atoms with Crippen molar-refractivity contribution in [3.05, 3.63) is 35.5 Å². The lowest BCUT2D eigenvalue weighted by molar-refractivity contribution is 0.0903. The van der Waals surface area contributed by atoms with Crippen molar-refractivity contribution in [3.63, 3.8) is 0 Å². The van der Waals surface area contributed by atoms with Gasteiger partial charge in [0.15, 0.2) is 0 Å². The van der Waals surface area contributed by atoms with Crippen LogP contribution in [0.5, 0.6) is 0 Å². The number of nitrogens with zero attached hydrogens (tertiary/aromatic N) is 2. The highest BCUT2D eigenvalue weighted by Crippen LogP contribution is 2.41. The average Bonchev–Trinajstić information content (AvgIpc) is 2.89. The lowest BCUT2D eigenvalue weighted by Gasteiger charge is -2.43. The Bertz CT molecular complexity index is 663. The zero-order valence-corrected chi connectivity index (χ0v) is 13.3. The van der Waals surface area contributed by atoms with Crippen molar-refractivity contribution in [3.8, 4) is 10.4 Å². The lowest BCUT2D eigenvalue weighted by Crippen LogP contribution is -2.60. The summed E-state index contributed by atoms with van der Waals surface area (Å²) >= 11 is 1.55. The van der Waals surface area contributed by atoms with Crippen molar-refractivity contribution in [1.82, 2.24) is 10.3 Å². The standard InChI is InChI=1S/C16H19N3OS/c1-4-9-19-12-10-13(11-5-7-17-8-6-11)21-14(12)15(20)18-16(19,2)3/h5-8,10H,4,9H2,1-3H3,(H,18,20). The first-order chi connectivity index (χ1) is 10.0. The maximum Gasteiger partial charge on any atom is 0.265 e. The number of hydrogen-bond donors (Lipinski definition) is 1. The van der Waals surface area contributed by atoms with Crippen molar-refractivity contribution in [2.75, 3.05) is 11.4 Å². The number of nitrogens with one attached hydrogen (secondary N) is 1. The van der Waals surface area contributed by atoms with E-state index in [2.05, 4.69) is 28.2 Å². The molecule has 0 aliphatic carbocycles. The van der Waals surface area contributed by atoms with Crippen LogP contribution in [0.1, 0.15) is 36.9 Å². The van der Waals surface area contributed by atoms with Crippen LogP contribution >= 0.6 is 11.3 Å². The summed E-state index contributed by atoms with van der Waals surface area (Å²) in [7, 11) is 0. The largest absolute Gasteiger partial charge is 0.348 e. The number of rotatable bonds is 3. The Morgan fingerprint density at radius 2 is 2.05 bits per heavy atom. The molecule has 21 heavy (non-hydrogen) atoms. The van der Waals surface area contributed by atoms with E-state index in [1.165, 1.54) is 0 Å². The van der Waals surface area contributed by atoms with Gasteiger partial charge in [0.2, 0.25) is 0 Å². The Morgan fingerprint density at radius 3 is 2.71 bits per heavy atom. The topological polar surface area (TPSA) is 45.2 Å². The van der Waals surface area contributed by atoms with Crippen LogP contribution < -0.4 is 10.2 Å². The maximum atomic E-state index is 12.4. The number of thiophene rings is 1. The summed E-state index contributed by atoms with van der Waals surface area (Å²) in [5.41, 5.74) is 1.80. The normalized spacial score (nSPS) is 16.5. The number of aromatic nitrogens is 1. The third kappa shape index (κ3) is 2.42. The van der Waals surface area contributed by atoms with Crippen molar-refractivity contribution in [1.29, 1.82) is 0 Å². The van der Waals surface area contributed by atoms with Gasteiger partial charge < -0.3 is 10.2 Å². The number of anilines is 1. The molecule has 4 nitrogen and oxygen atoms in total. The molecule has 0 aromatic carbocycles. The number of pyridine rings is 1. The number of fused-ring (bicyclic) bond motifs is 1. The van der Waals surface area contributed by atoms with E-state index in [0.717, 1.165) is 34.0 Å². The quantitative estimate of drug-likeness (QED) is 0.943. The average molecular weight is 301 g/mol. The van der Waals surface area contributed by atoms with Gasteiger partial charge in [0, 0.05) is 23.8 Å². The second kappa shape index (κ2) is 5.15. The summed E-state index contributed by atoms with van der Waals surface area (Å²) < 4.78 is 0. The zero-order chi connectivity index (χ0) is 15.0. The molecule has 1 N–H and O–H groups in total. The minimum atomic E-state index is -0.351. The van der Waals surface area contributed by atoms with Crippen LogP contribution in [0.2, 0.25) is 0 Å². The Balaban J connectivity index is 2.09. The number of carbonyl (C=O) groups is 1. The second-order valence-corrected chi connectivity index (χ2v) is 6.78. The number of carbonyl (C=O) groups excluding carboxylic acids is 1. The molecule has 0 unspecified atom stereocenters. The summed E-state index contributed by atoms with van der Waals surface area (Å²) in [4.78, 5) is 20.6. The van der Waals surface area contributed by atoms with Crippen LogP contribution in [0.15, 0.2) is 30.6 Å². The molecule has 0 fully saturated rings. The molecule has 2 aromatic rings. The molecular weight excluding hydrogens is 282 g/mol. The maximum absolute atomic E-state index is 12.4. The molecule has 1 aliphatic heterocycles. The van der Waals surface area contributed by atoms with Gasteiger partial charge in [0.05, 0.1) is 5.69 Å². The van der Waals surface area contributed by atoms with Gasteiger partial charge in [-0.25, -0.2) is 0 Å². The van der Waals surface area contributed by atoms with Crippen molar-refractivity contribution < 1.29 is 4.79 Å². The molecule has 5 heteroatoms. The molecule has 110 valence electrons.